The van der Waals surface area contributed by atoms with Crippen molar-refractivity contribution in [3.05, 3.63) is 17.1 Å². The Morgan fingerprint density at radius 2 is 2.00 bits per heavy atom. The largest absolute Gasteiger partial charge is 0.383 e. The Labute approximate surface area is 90.3 Å². The molecule has 0 saturated heterocycles. The number of fused-ring (bicyclic) bond motifs is 1. The molecule has 0 amide bonds. The molecule has 1 heterocycles. The molecule has 2 rings (SSSR count). The highest BCUT2D eigenvalue weighted by molar-refractivity contribution is 5.43. The number of hydrogen-bond donors (Lipinski definition) is 2. The number of nitrogens with one attached hydrogen (secondary N) is 1. The van der Waals surface area contributed by atoms with Crippen LogP contribution in [-0.4, -0.2) is 17.0 Å². The van der Waals surface area contributed by atoms with Crippen LogP contribution in [0.15, 0.2) is 0 Å². The lowest BCUT2D eigenvalue weighted by atomic mass is 9.96. The molecule has 0 spiro atoms. The second-order valence-corrected chi connectivity index (χ2v) is 4.11. The maximum Gasteiger partial charge on any atom is 0.147 e. The molecular formula is C11H18N4. The van der Waals surface area contributed by atoms with E-state index in [0.717, 1.165) is 24.4 Å². The van der Waals surface area contributed by atoms with E-state index in [2.05, 4.69) is 15.3 Å². The Morgan fingerprint density at radius 3 is 2.73 bits per heavy atom. The molecule has 4 heteroatoms. The van der Waals surface area contributed by atoms with E-state index in [-0.39, 0.29) is 6.04 Å². The topological polar surface area (TPSA) is 63.8 Å². The number of aromatic nitrogens is 2. The second kappa shape index (κ2) is 4.14. The summed E-state index contributed by atoms with van der Waals surface area (Å²) >= 11 is 0. The van der Waals surface area contributed by atoms with Crippen molar-refractivity contribution in [3.8, 4) is 0 Å². The number of nitrogen functional groups attached to an aromatic ring is 1. The number of nitrogens with two attached hydrogens (primary N) is 1. The van der Waals surface area contributed by atoms with Crippen LogP contribution in [0.4, 0.5) is 5.82 Å². The quantitative estimate of drug-likeness (QED) is 0.763. The van der Waals surface area contributed by atoms with Crippen molar-refractivity contribution in [2.45, 2.75) is 38.6 Å². The fraction of sp³-hybridized carbons (Fsp3) is 0.636. The molecular weight excluding hydrogens is 188 g/mol. The Balaban J connectivity index is 2.40. The molecule has 0 fully saturated rings. The van der Waals surface area contributed by atoms with Crippen molar-refractivity contribution in [3.63, 3.8) is 0 Å². The molecule has 0 bridgehead atoms. The molecule has 1 aliphatic rings. The highest BCUT2D eigenvalue weighted by Crippen LogP contribution is 2.24. The summed E-state index contributed by atoms with van der Waals surface area (Å²) in [4.78, 5) is 8.95. The van der Waals surface area contributed by atoms with Crippen LogP contribution in [0.3, 0.4) is 0 Å². The van der Waals surface area contributed by atoms with Gasteiger partial charge in [0.05, 0.1) is 6.04 Å². The molecule has 0 aromatic carbocycles. The number of nitrogens with zero attached hydrogens (tertiary/aromatic N) is 2. The minimum absolute atomic E-state index is 0.166. The summed E-state index contributed by atoms with van der Waals surface area (Å²) in [6.45, 7) is 2.05. The SMILES string of the molecule is CNC(C)c1nc(N)c2c(n1)CCCC2. The van der Waals surface area contributed by atoms with Crippen molar-refractivity contribution >= 4 is 5.82 Å². The lowest BCUT2D eigenvalue weighted by Gasteiger charge is -2.18. The van der Waals surface area contributed by atoms with Crippen LogP contribution in [0, 0.1) is 0 Å². The highest BCUT2D eigenvalue weighted by atomic mass is 15.0. The van der Waals surface area contributed by atoms with Crippen molar-refractivity contribution < 1.29 is 0 Å². The number of aryl methyl sites for hydroxylation is 1. The maximum absolute atomic E-state index is 5.96. The molecule has 4 nitrogen and oxygen atoms in total. The summed E-state index contributed by atoms with van der Waals surface area (Å²) in [5.74, 6) is 1.49. The fourth-order valence-electron chi connectivity index (χ4n) is 1.97. The number of hydrogen-bond acceptors (Lipinski definition) is 4. The summed E-state index contributed by atoms with van der Waals surface area (Å²) in [7, 11) is 1.91. The summed E-state index contributed by atoms with van der Waals surface area (Å²) in [6.07, 6.45) is 4.51. The first kappa shape index (κ1) is 10.4. The van der Waals surface area contributed by atoms with Gasteiger partial charge in [-0.05, 0) is 39.7 Å². The van der Waals surface area contributed by atoms with Gasteiger partial charge in [0.2, 0.25) is 0 Å². The van der Waals surface area contributed by atoms with Gasteiger partial charge in [0.15, 0.2) is 0 Å². The van der Waals surface area contributed by atoms with E-state index < -0.39 is 0 Å². The second-order valence-electron chi connectivity index (χ2n) is 4.11. The van der Waals surface area contributed by atoms with Gasteiger partial charge in [-0.2, -0.15) is 0 Å². The van der Waals surface area contributed by atoms with Gasteiger partial charge in [0.1, 0.15) is 11.6 Å². The van der Waals surface area contributed by atoms with E-state index in [4.69, 9.17) is 5.73 Å². The van der Waals surface area contributed by atoms with Gasteiger partial charge in [-0.25, -0.2) is 9.97 Å². The molecule has 15 heavy (non-hydrogen) atoms. The number of anilines is 1. The molecule has 3 N–H and O–H groups in total. The van der Waals surface area contributed by atoms with Crippen molar-refractivity contribution in [2.75, 3.05) is 12.8 Å². The first-order valence-electron chi connectivity index (χ1n) is 5.54. The Kier molecular flexibility index (Phi) is 2.86. The van der Waals surface area contributed by atoms with Gasteiger partial charge in [0, 0.05) is 11.3 Å². The van der Waals surface area contributed by atoms with E-state index in [0.29, 0.717) is 5.82 Å². The van der Waals surface area contributed by atoms with Crippen LogP contribution in [-0.2, 0) is 12.8 Å². The van der Waals surface area contributed by atoms with Crippen LogP contribution in [0.5, 0.6) is 0 Å². The van der Waals surface area contributed by atoms with E-state index in [1.807, 2.05) is 14.0 Å². The smallest absolute Gasteiger partial charge is 0.147 e. The minimum atomic E-state index is 0.166. The van der Waals surface area contributed by atoms with E-state index in [1.54, 1.807) is 0 Å². The van der Waals surface area contributed by atoms with Gasteiger partial charge in [-0.1, -0.05) is 0 Å². The lowest BCUT2D eigenvalue weighted by Crippen LogP contribution is -2.20. The predicted octanol–water partition coefficient (Wildman–Crippen LogP) is 1.22. The van der Waals surface area contributed by atoms with Crippen LogP contribution in [0.25, 0.3) is 0 Å². The molecule has 1 atom stereocenters. The van der Waals surface area contributed by atoms with Crippen LogP contribution >= 0.6 is 0 Å². The first-order chi connectivity index (χ1) is 7.22. The average molecular weight is 206 g/mol. The molecule has 1 aromatic rings. The van der Waals surface area contributed by atoms with Crippen molar-refractivity contribution in [1.82, 2.24) is 15.3 Å². The molecule has 0 radical (unpaired) electrons. The first-order valence-corrected chi connectivity index (χ1v) is 5.54. The average Bonchev–Trinajstić information content (AvgIpc) is 2.28. The van der Waals surface area contributed by atoms with Gasteiger partial charge < -0.3 is 11.1 Å². The summed E-state index contributed by atoms with van der Waals surface area (Å²) in [5.41, 5.74) is 8.29. The molecule has 0 aliphatic heterocycles. The zero-order chi connectivity index (χ0) is 10.8. The molecule has 1 unspecified atom stereocenters. The Morgan fingerprint density at radius 1 is 1.27 bits per heavy atom. The molecule has 0 saturated carbocycles. The van der Waals surface area contributed by atoms with Crippen LogP contribution < -0.4 is 11.1 Å². The number of rotatable bonds is 2. The highest BCUT2D eigenvalue weighted by Gasteiger charge is 2.17. The molecule has 1 aliphatic carbocycles. The van der Waals surface area contributed by atoms with E-state index in [1.165, 1.54) is 18.4 Å². The van der Waals surface area contributed by atoms with Gasteiger partial charge in [-0.3, -0.25) is 0 Å². The summed E-state index contributed by atoms with van der Waals surface area (Å²) < 4.78 is 0. The Bertz CT molecular complexity index is 362. The third kappa shape index (κ3) is 1.95. The molecule has 82 valence electrons. The minimum Gasteiger partial charge on any atom is -0.383 e. The van der Waals surface area contributed by atoms with Gasteiger partial charge in [-0.15, -0.1) is 0 Å². The lowest BCUT2D eigenvalue weighted by molar-refractivity contribution is 0.590. The van der Waals surface area contributed by atoms with Crippen molar-refractivity contribution in [2.24, 2.45) is 0 Å². The third-order valence-electron chi connectivity index (χ3n) is 3.05. The van der Waals surface area contributed by atoms with Gasteiger partial charge in [0.25, 0.3) is 0 Å². The monoisotopic (exact) mass is 206 g/mol. The standard InChI is InChI=1S/C11H18N4/c1-7(13-2)11-14-9-6-4-3-5-8(9)10(12)15-11/h7,13H,3-6H2,1-2H3,(H2,12,14,15). The van der Waals surface area contributed by atoms with Crippen LogP contribution in [0.2, 0.25) is 0 Å². The summed E-state index contributed by atoms with van der Waals surface area (Å²) in [6, 6.07) is 0.166. The third-order valence-corrected chi connectivity index (χ3v) is 3.05. The van der Waals surface area contributed by atoms with Gasteiger partial charge >= 0.3 is 0 Å². The Hall–Kier alpha value is -1.16. The van der Waals surface area contributed by atoms with Crippen molar-refractivity contribution in [1.29, 1.82) is 0 Å². The van der Waals surface area contributed by atoms with Crippen LogP contribution in [0.1, 0.15) is 42.9 Å². The fourth-order valence-corrected chi connectivity index (χ4v) is 1.97. The zero-order valence-electron chi connectivity index (χ0n) is 9.38. The van der Waals surface area contributed by atoms with E-state index >= 15 is 0 Å². The zero-order valence-corrected chi connectivity index (χ0v) is 9.38. The predicted molar refractivity (Wildman–Crippen MR) is 60.6 cm³/mol. The normalized spacial score (nSPS) is 17.2. The maximum atomic E-state index is 5.96. The summed E-state index contributed by atoms with van der Waals surface area (Å²) in [5, 5.41) is 3.13. The van der Waals surface area contributed by atoms with E-state index in [9.17, 15) is 0 Å². The molecule has 1 aromatic heterocycles.